The second kappa shape index (κ2) is 36.5. The van der Waals surface area contributed by atoms with Crippen LogP contribution in [0.2, 0.25) is 0 Å². The first-order valence-corrected chi connectivity index (χ1v) is 1.83. The van der Waals surface area contributed by atoms with Crippen molar-refractivity contribution < 1.29 is 114 Å². The molecule has 0 aromatic carbocycles. The second-order valence-corrected chi connectivity index (χ2v) is 0.682. The first-order valence-electron chi connectivity index (χ1n) is 1.83. The third-order valence-electron chi connectivity index (χ3n) is 0.105. The third kappa shape index (κ3) is 348. The normalized spacial score (nSPS) is 4.60. The molecule has 0 saturated heterocycles. The van der Waals surface area contributed by atoms with Crippen molar-refractivity contribution in [2.75, 3.05) is 0 Å². The Morgan fingerprint density at radius 1 is 1.33 bits per heavy atom. The van der Waals surface area contributed by atoms with E-state index in [1.165, 1.54) is 0 Å². The molecular formula is C2H6KN3O8Y-2. The van der Waals surface area contributed by atoms with E-state index in [1.807, 2.05) is 0 Å². The molecule has 0 fully saturated rings. The summed E-state index contributed by atoms with van der Waals surface area (Å²) in [6, 6.07) is 0. The molecule has 11 nitrogen and oxygen atoms in total. The molecule has 0 unspecified atom stereocenters. The van der Waals surface area contributed by atoms with Gasteiger partial charge in [0.2, 0.25) is 0 Å². The van der Waals surface area contributed by atoms with E-state index in [-0.39, 0.29) is 90.2 Å². The van der Waals surface area contributed by atoms with Gasteiger partial charge >= 0.3 is 51.4 Å². The van der Waals surface area contributed by atoms with E-state index in [2.05, 4.69) is 11.9 Å². The number of hydrogen-bond acceptors (Lipinski definition) is 6. The van der Waals surface area contributed by atoms with E-state index in [9.17, 15) is 0 Å². The Morgan fingerprint density at radius 3 is 1.40 bits per heavy atom. The van der Waals surface area contributed by atoms with Crippen molar-refractivity contribution in [3.05, 3.63) is 33.5 Å². The summed E-state index contributed by atoms with van der Waals surface area (Å²) in [4.78, 5) is 28.7. The summed E-state index contributed by atoms with van der Waals surface area (Å²) in [7, 11) is 2.49. The summed E-state index contributed by atoms with van der Waals surface area (Å²) in [5, 5.41) is 28.3. The van der Waals surface area contributed by atoms with Crippen molar-refractivity contribution in [1.29, 1.82) is 0 Å². The summed E-state index contributed by atoms with van der Waals surface area (Å²) in [5.41, 5.74) is 0. The van der Waals surface area contributed by atoms with Crippen molar-refractivity contribution in [3.8, 4) is 0 Å². The average molecular weight is 328 g/mol. The Balaban J connectivity index is -0.0000000189. The zero-order valence-corrected chi connectivity index (χ0v) is 13.6. The van der Waals surface area contributed by atoms with Crippen LogP contribution in [0.25, 0.3) is 6.15 Å². The SMILES string of the molecule is O=[C-]O.O=[N+]([O-])O.[CH2-]O[N+](=O)[O-].[K+].[NH2-].[Y]. The Morgan fingerprint density at radius 2 is 1.40 bits per heavy atom. The van der Waals surface area contributed by atoms with E-state index < -0.39 is 10.2 Å². The Kier molecular flexibility index (Phi) is 87.9. The average Bonchev–Trinajstić information content (AvgIpc) is 1.88. The van der Waals surface area contributed by atoms with Gasteiger partial charge in [0, 0.05) is 32.7 Å². The van der Waals surface area contributed by atoms with Gasteiger partial charge in [-0.2, -0.15) is 7.11 Å². The molecule has 0 heterocycles. The fourth-order valence-corrected chi connectivity index (χ4v) is 0. The van der Waals surface area contributed by atoms with E-state index >= 15 is 0 Å². The predicted molar refractivity (Wildman–Crippen MR) is 35.8 cm³/mol. The maximum atomic E-state index is 8.89. The van der Waals surface area contributed by atoms with Gasteiger partial charge < -0.3 is 26.1 Å². The smallest absolute Gasteiger partial charge is 0.693 e. The largest absolute Gasteiger partial charge is 1.00 e. The molecular weight excluding hydrogens is 322 g/mol. The topological polar surface area (TPSA) is 187 Å². The molecule has 0 aromatic rings. The van der Waals surface area contributed by atoms with Crippen LogP contribution in [0.5, 0.6) is 0 Å². The first-order chi connectivity index (χ1) is 5.42. The molecule has 0 atom stereocenters. The summed E-state index contributed by atoms with van der Waals surface area (Å²) >= 11 is 0. The van der Waals surface area contributed by atoms with Crippen molar-refractivity contribution >= 4 is 6.47 Å². The Labute approximate surface area is 152 Å². The zero-order valence-electron chi connectivity index (χ0n) is 7.60. The molecule has 1 radical (unpaired) electrons. The van der Waals surface area contributed by atoms with Gasteiger partial charge in [-0.3, -0.25) is 0 Å². The molecule has 0 amide bonds. The molecule has 0 aliphatic carbocycles. The van der Waals surface area contributed by atoms with Gasteiger partial charge in [0.15, 0.2) is 0 Å². The number of nitrogens with two attached hydrogens (primary N) is 1. The van der Waals surface area contributed by atoms with E-state index in [0.717, 1.165) is 0 Å². The Hall–Kier alpha value is 0.570. The number of hydrogen-bond donors (Lipinski definition) is 2. The zero-order chi connectivity index (χ0) is 10.6. The monoisotopic (exact) mass is 328 g/mol. The number of rotatable bonds is 1. The Bertz CT molecular complexity index is 142. The van der Waals surface area contributed by atoms with Crippen LogP contribution in [0.1, 0.15) is 0 Å². The van der Waals surface area contributed by atoms with Crippen molar-refractivity contribution in [3.63, 3.8) is 0 Å². The second-order valence-electron chi connectivity index (χ2n) is 0.682. The first kappa shape index (κ1) is 36.1. The molecule has 0 spiro atoms. The molecule has 0 bridgehead atoms. The minimum Gasteiger partial charge on any atom is -0.693 e. The predicted octanol–water partition coefficient (Wildman–Crippen LogP) is -3.03. The van der Waals surface area contributed by atoms with E-state index in [0.29, 0.717) is 6.47 Å². The fourth-order valence-electron chi connectivity index (χ4n) is 0. The maximum absolute atomic E-state index is 8.89. The van der Waals surface area contributed by atoms with Gasteiger partial charge in [-0.25, -0.2) is 0 Å². The molecule has 0 aliphatic rings. The van der Waals surface area contributed by atoms with E-state index in [4.69, 9.17) is 35.3 Å². The quantitative estimate of drug-likeness (QED) is 0.220. The van der Waals surface area contributed by atoms with Gasteiger partial charge in [-0.1, -0.05) is 6.47 Å². The van der Waals surface area contributed by atoms with E-state index in [1.54, 1.807) is 0 Å². The van der Waals surface area contributed by atoms with Crippen molar-refractivity contribution in [2.45, 2.75) is 0 Å². The fraction of sp³-hybridized carbons (Fsp3) is 0. The summed E-state index contributed by atoms with van der Waals surface area (Å²) in [5.74, 6) is 0. The van der Waals surface area contributed by atoms with Crippen LogP contribution in [-0.4, -0.2) is 27.0 Å². The standard InChI is InChI=1S/CH2NO3.CHO2.K.HNO3.H2N.Y/c1-5-2(3)4;2-1-3;;2-1(3)4;;/h1H2;(H,2,3);;(H,2,3,4);1H2;/q2*-1;+1;;-1;. The van der Waals surface area contributed by atoms with Gasteiger partial charge in [0.25, 0.3) is 10.2 Å². The molecule has 83 valence electrons. The summed E-state index contributed by atoms with van der Waals surface area (Å²) < 4.78 is 0. The van der Waals surface area contributed by atoms with Crippen molar-refractivity contribution in [1.82, 2.24) is 0 Å². The molecule has 0 aliphatic heterocycles. The molecule has 13 heteroatoms. The molecule has 0 aromatic heterocycles. The summed E-state index contributed by atoms with van der Waals surface area (Å²) in [6.45, 7) is 0.500. The van der Waals surface area contributed by atoms with Gasteiger partial charge in [-0.15, -0.1) is 20.2 Å². The van der Waals surface area contributed by atoms with Crippen LogP contribution in [0.15, 0.2) is 0 Å². The molecule has 4 N–H and O–H groups in total. The van der Waals surface area contributed by atoms with Crippen LogP contribution in [0, 0.1) is 27.3 Å². The molecule has 15 heavy (non-hydrogen) atoms. The van der Waals surface area contributed by atoms with Crippen LogP contribution >= 0.6 is 0 Å². The molecule has 0 saturated carbocycles. The van der Waals surface area contributed by atoms with Gasteiger partial charge in [0.1, 0.15) is 0 Å². The van der Waals surface area contributed by atoms with Gasteiger partial charge in [0.05, 0.1) is 0 Å². The number of aliphatic hydroxyl groups excluding tert-OH is 1. The third-order valence-corrected chi connectivity index (χ3v) is 0.105. The van der Waals surface area contributed by atoms with Crippen LogP contribution < -0.4 is 51.4 Å². The number of nitrogens with zero attached hydrogens (tertiary/aromatic N) is 2. The molecule has 0 rings (SSSR count). The van der Waals surface area contributed by atoms with Crippen molar-refractivity contribution in [2.24, 2.45) is 0 Å². The van der Waals surface area contributed by atoms with Crippen LogP contribution in [-0.2, 0) is 42.3 Å². The summed E-state index contributed by atoms with van der Waals surface area (Å²) in [6.07, 6.45) is 0. The maximum Gasteiger partial charge on any atom is 1.00 e. The van der Waals surface area contributed by atoms with Gasteiger partial charge in [-0.05, 0) is 0 Å². The van der Waals surface area contributed by atoms with Crippen LogP contribution in [0.4, 0.5) is 0 Å². The minimum atomic E-state index is -1.50. The minimum absolute atomic E-state index is 0. The van der Waals surface area contributed by atoms with Crippen LogP contribution in [0.3, 0.4) is 0 Å².